The Morgan fingerprint density at radius 3 is 2.47 bits per heavy atom. The maximum Gasteiger partial charge on any atom is 0.252 e. The Labute approximate surface area is 175 Å². The molecule has 0 fully saturated rings. The minimum atomic E-state index is -0.258. The fourth-order valence-corrected chi connectivity index (χ4v) is 3.42. The minimum Gasteiger partial charge on any atom is -0.352 e. The molecular formula is C25H23N3O2. The number of benzene rings is 2. The topological polar surface area (TPSA) is 63.5 Å². The summed E-state index contributed by atoms with van der Waals surface area (Å²) in [5, 5.41) is 2.92. The maximum absolute atomic E-state index is 13.0. The summed E-state index contributed by atoms with van der Waals surface area (Å²) in [6.07, 6.45) is 4.51. The Balaban J connectivity index is 1.47. The van der Waals surface area contributed by atoms with E-state index in [4.69, 9.17) is 0 Å². The quantitative estimate of drug-likeness (QED) is 0.497. The van der Waals surface area contributed by atoms with Gasteiger partial charge in [-0.1, -0.05) is 36.4 Å². The molecule has 0 aliphatic heterocycles. The van der Waals surface area contributed by atoms with Crippen LogP contribution in [0.15, 0.2) is 73.1 Å². The molecule has 5 nitrogen and oxygen atoms in total. The van der Waals surface area contributed by atoms with E-state index in [1.54, 1.807) is 24.3 Å². The zero-order chi connectivity index (χ0) is 21.1. The van der Waals surface area contributed by atoms with Crippen LogP contribution < -0.4 is 5.32 Å². The van der Waals surface area contributed by atoms with Crippen molar-refractivity contribution in [1.82, 2.24) is 14.7 Å². The lowest BCUT2D eigenvalue weighted by molar-refractivity contribution is 0.0942. The van der Waals surface area contributed by atoms with Crippen LogP contribution in [0.1, 0.15) is 43.1 Å². The van der Waals surface area contributed by atoms with Crippen molar-refractivity contribution in [3.05, 3.63) is 107 Å². The number of hydrogen-bond acceptors (Lipinski definition) is 3. The molecule has 2 aromatic heterocycles. The predicted octanol–water partition coefficient (Wildman–Crippen LogP) is 4.15. The highest BCUT2D eigenvalue weighted by Gasteiger charge is 2.18. The highest BCUT2D eigenvalue weighted by Crippen LogP contribution is 2.17. The summed E-state index contributed by atoms with van der Waals surface area (Å²) in [6.45, 7) is 4.42. The number of fused-ring (bicyclic) bond motifs is 1. The molecule has 0 unspecified atom stereocenters. The molecule has 0 aliphatic rings. The third-order valence-electron chi connectivity index (χ3n) is 5.27. The van der Waals surface area contributed by atoms with Crippen LogP contribution in [-0.4, -0.2) is 27.6 Å². The summed E-state index contributed by atoms with van der Waals surface area (Å²) in [7, 11) is 0. The van der Waals surface area contributed by atoms with Crippen LogP contribution in [0.3, 0.4) is 0 Å². The molecule has 1 amide bonds. The van der Waals surface area contributed by atoms with Gasteiger partial charge in [0.1, 0.15) is 5.65 Å². The van der Waals surface area contributed by atoms with Gasteiger partial charge in [-0.2, -0.15) is 0 Å². The lowest BCUT2D eigenvalue weighted by atomic mass is 9.95. The van der Waals surface area contributed by atoms with Crippen molar-refractivity contribution in [2.24, 2.45) is 0 Å². The van der Waals surface area contributed by atoms with Gasteiger partial charge in [-0.25, -0.2) is 4.98 Å². The Bertz CT molecular complexity index is 1210. The second-order valence-electron chi connectivity index (χ2n) is 7.38. The zero-order valence-electron chi connectivity index (χ0n) is 17.1. The van der Waals surface area contributed by atoms with Crippen LogP contribution in [0.25, 0.3) is 5.65 Å². The van der Waals surface area contributed by atoms with Gasteiger partial charge in [-0.15, -0.1) is 0 Å². The monoisotopic (exact) mass is 397 g/mol. The van der Waals surface area contributed by atoms with Gasteiger partial charge in [0.05, 0.1) is 11.3 Å². The molecule has 0 spiro atoms. The van der Waals surface area contributed by atoms with Gasteiger partial charge < -0.3 is 9.72 Å². The Kier molecular flexibility index (Phi) is 5.44. The van der Waals surface area contributed by atoms with Crippen LogP contribution in [-0.2, 0) is 6.42 Å². The highest BCUT2D eigenvalue weighted by molar-refractivity contribution is 6.15. The molecule has 0 aliphatic carbocycles. The summed E-state index contributed by atoms with van der Waals surface area (Å²) in [5.41, 5.74) is 5.34. The van der Waals surface area contributed by atoms with E-state index >= 15 is 0 Å². The van der Waals surface area contributed by atoms with Crippen molar-refractivity contribution < 1.29 is 9.59 Å². The SMILES string of the molecule is Cc1ccc(C(=O)c2ccccc2C(=O)NCCc2cn3ccccc3n2)cc1C. The largest absolute Gasteiger partial charge is 0.352 e. The molecule has 5 heteroatoms. The molecule has 1 N–H and O–H groups in total. The molecule has 0 radical (unpaired) electrons. The van der Waals surface area contributed by atoms with Gasteiger partial charge in [0.15, 0.2) is 5.78 Å². The minimum absolute atomic E-state index is 0.149. The molecule has 0 bridgehead atoms. The van der Waals surface area contributed by atoms with Crippen molar-refractivity contribution in [2.45, 2.75) is 20.3 Å². The fraction of sp³-hybridized carbons (Fsp3) is 0.160. The number of nitrogens with one attached hydrogen (secondary N) is 1. The molecule has 4 aromatic rings. The van der Waals surface area contributed by atoms with Gasteiger partial charge in [0.2, 0.25) is 0 Å². The molecular weight excluding hydrogens is 374 g/mol. The number of amides is 1. The predicted molar refractivity (Wildman–Crippen MR) is 117 cm³/mol. The first kappa shape index (κ1) is 19.6. The third-order valence-corrected chi connectivity index (χ3v) is 5.27. The van der Waals surface area contributed by atoms with E-state index in [1.165, 1.54) is 0 Å². The number of nitrogens with zero attached hydrogens (tertiary/aromatic N) is 2. The average molecular weight is 397 g/mol. The summed E-state index contributed by atoms with van der Waals surface area (Å²) in [5.74, 6) is -0.407. The number of aromatic nitrogens is 2. The second kappa shape index (κ2) is 8.33. The average Bonchev–Trinajstić information content (AvgIpc) is 3.18. The van der Waals surface area contributed by atoms with Crippen LogP contribution in [0.5, 0.6) is 0 Å². The first-order valence-corrected chi connectivity index (χ1v) is 9.95. The number of imidazole rings is 1. The first-order valence-electron chi connectivity index (χ1n) is 9.95. The van der Waals surface area contributed by atoms with E-state index in [-0.39, 0.29) is 11.7 Å². The normalized spacial score (nSPS) is 10.9. The lowest BCUT2D eigenvalue weighted by Gasteiger charge is -2.10. The number of rotatable bonds is 6. The van der Waals surface area contributed by atoms with E-state index in [1.807, 2.05) is 67.0 Å². The van der Waals surface area contributed by atoms with Gasteiger partial charge in [-0.3, -0.25) is 9.59 Å². The molecule has 0 atom stereocenters. The standard InChI is InChI=1S/C25H23N3O2/c1-17-10-11-19(15-18(17)2)24(29)21-7-3-4-8-22(21)25(30)26-13-12-20-16-28-14-6-5-9-23(28)27-20/h3-11,14-16H,12-13H2,1-2H3,(H,26,30). The molecule has 0 saturated carbocycles. The Morgan fingerprint density at radius 1 is 0.933 bits per heavy atom. The van der Waals surface area contributed by atoms with E-state index < -0.39 is 0 Å². The van der Waals surface area contributed by atoms with Crippen molar-refractivity contribution >= 4 is 17.3 Å². The van der Waals surface area contributed by atoms with Gasteiger partial charge in [0, 0.05) is 36.5 Å². The summed E-state index contributed by atoms with van der Waals surface area (Å²) in [4.78, 5) is 30.4. The van der Waals surface area contributed by atoms with E-state index in [9.17, 15) is 9.59 Å². The number of carbonyl (C=O) groups is 2. The number of carbonyl (C=O) groups excluding carboxylic acids is 2. The number of pyridine rings is 1. The van der Waals surface area contributed by atoms with Crippen LogP contribution in [0.4, 0.5) is 0 Å². The van der Waals surface area contributed by atoms with Gasteiger partial charge in [0.25, 0.3) is 5.91 Å². The third kappa shape index (κ3) is 4.01. The van der Waals surface area contributed by atoms with Crippen molar-refractivity contribution in [3.8, 4) is 0 Å². The number of aryl methyl sites for hydroxylation is 2. The van der Waals surface area contributed by atoms with E-state index in [0.717, 1.165) is 22.5 Å². The summed E-state index contributed by atoms with van der Waals surface area (Å²) >= 11 is 0. The van der Waals surface area contributed by atoms with E-state index in [2.05, 4.69) is 10.3 Å². The van der Waals surface area contributed by atoms with Crippen molar-refractivity contribution in [3.63, 3.8) is 0 Å². The fourth-order valence-electron chi connectivity index (χ4n) is 3.42. The van der Waals surface area contributed by atoms with Crippen molar-refractivity contribution in [2.75, 3.05) is 6.54 Å². The Morgan fingerprint density at radius 2 is 1.70 bits per heavy atom. The zero-order valence-corrected chi connectivity index (χ0v) is 17.1. The summed E-state index contributed by atoms with van der Waals surface area (Å²) < 4.78 is 1.95. The smallest absolute Gasteiger partial charge is 0.252 e. The second-order valence-corrected chi connectivity index (χ2v) is 7.38. The van der Waals surface area contributed by atoms with Crippen LogP contribution >= 0.6 is 0 Å². The summed E-state index contributed by atoms with van der Waals surface area (Å²) in [6, 6.07) is 18.4. The lowest BCUT2D eigenvalue weighted by Crippen LogP contribution is -2.27. The van der Waals surface area contributed by atoms with Crippen molar-refractivity contribution in [1.29, 1.82) is 0 Å². The maximum atomic E-state index is 13.0. The molecule has 2 aromatic carbocycles. The molecule has 4 rings (SSSR count). The highest BCUT2D eigenvalue weighted by atomic mass is 16.2. The molecule has 0 saturated heterocycles. The molecule has 150 valence electrons. The number of hydrogen-bond donors (Lipinski definition) is 1. The van der Waals surface area contributed by atoms with Gasteiger partial charge >= 0.3 is 0 Å². The first-order chi connectivity index (χ1) is 14.5. The van der Waals surface area contributed by atoms with Gasteiger partial charge in [-0.05, 0) is 49.2 Å². The molecule has 2 heterocycles. The van der Waals surface area contributed by atoms with Crippen LogP contribution in [0.2, 0.25) is 0 Å². The molecule has 30 heavy (non-hydrogen) atoms. The number of ketones is 1. The van der Waals surface area contributed by atoms with E-state index in [0.29, 0.717) is 29.7 Å². The Hall–Kier alpha value is -3.73. The van der Waals surface area contributed by atoms with Crippen LogP contribution in [0, 0.1) is 13.8 Å².